The van der Waals surface area contributed by atoms with E-state index >= 15 is 0 Å². The van der Waals surface area contributed by atoms with E-state index in [1.807, 2.05) is 6.92 Å². The second-order valence-corrected chi connectivity index (χ2v) is 4.18. The number of nitrogens with two attached hydrogens (primary N) is 2. The van der Waals surface area contributed by atoms with Crippen LogP contribution in [-0.4, -0.2) is 17.5 Å². The zero-order chi connectivity index (χ0) is 11.4. The van der Waals surface area contributed by atoms with E-state index in [2.05, 4.69) is 11.4 Å². The van der Waals surface area contributed by atoms with E-state index in [1.165, 1.54) is 11.8 Å². The standard InChI is InChI=1S/C4H10N2S.C3H7O3P/c1-2-3-7-4(5)6;1-2-3-6-7(4)5/h2-3H2,1H3,(H3,5,6);2-3H2,1H3/p+1. The quantitative estimate of drug-likeness (QED) is 0.388. The van der Waals surface area contributed by atoms with Gasteiger partial charge in [0.05, 0.1) is 0 Å². The lowest BCUT2D eigenvalue weighted by Crippen LogP contribution is -2.43. The topological polar surface area (TPSA) is 101 Å². The van der Waals surface area contributed by atoms with Gasteiger partial charge >= 0.3 is 8.25 Å². The van der Waals surface area contributed by atoms with Crippen molar-refractivity contribution in [2.45, 2.75) is 26.7 Å². The number of thioether (sulfide) groups is 1. The van der Waals surface area contributed by atoms with Gasteiger partial charge in [-0.15, -0.1) is 4.52 Å². The first-order valence-electron chi connectivity index (χ1n) is 4.32. The van der Waals surface area contributed by atoms with Crippen molar-refractivity contribution in [1.29, 1.82) is 0 Å². The van der Waals surface area contributed by atoms with Crippen LogP contribution in [0.2, 0.25) is 0 Å². The molecule has 7 heteroatoms. The zero-order valence-corrected chi connectivity index (χ0v) is 10.3. The highest BCUT2D eigenvalue weighted by Crippen LogP contribution is 2.07. The van der Waals surface area contributed by atoms with Gasteiger partial charge in [-0.3, -0.25) is 11.1 Å². The molecule has 0 spiro atoms. The van der Waals surface area contributed by atoms with Crippen LogP contribution in [0.3, 0.4) is 0 Å². The fourth-order valence-electron chi connectivity index (χ4n) is 0.386. The molecular formula is C7H18N2O3PS+. The van der Waals surface area contributed by atoms with Crippen LogP contribution in [0.25, 0.3) is 0 Å². The van der Waals surface area contributed by atoms with Crippen LogP contribution in [0, 0.1) is 0 Å². The van der Waals surface area contributed by atoms with Gasteiger partial charge in [-0.25, -0.2) is 0 Å². The third kappa shape index (κ3) is 22.6. The highest BCUT2D eigenvalue weighted by Gasteiger charge is 1.95. The van der Waals surface area contributed by atoms with Crippen molar-refractivity contribution in [3.63, 3.8) is 0 Å². The van der Waals surface area contributed by atoms with Gasteiger partial charge in [0.25, 0.3) is 5.17 Å². The molecule has 1 atom stereocenters. The van der Waals surface area contributed by atoms with Gasteiger partial charge in [0.15, 0.2) is 0 Å². The Balaban J connectivity index is 0. The Morgan fingerprint density at radius 1 is 1.57 bits per heavy atom. The van der Waals surface area contributed by atoms with Gasteiger partial charge < -0.3 is 4.89 Å². The number of amidine groups is 1. The monoisotopic (exact) mass is 241 g/mol. The Bertz CT molecular complexity index is 151. The van der Waals surface area contributed by atoms with Crippen LogP contribution < -0.4 is 16.0 Å². The van der Waals surface area contributed by atoms with E-state index in [1.54, 1.807) is 0 Å². The predicted molar refractivity (Wildman–Crippen MR) is 57.7 cm³/mol. The van der Waals surface area contributed by atoms with E-state index in [0.717, 1.165) is 18.6 Å². The van der Waals surface area contributed by atoms with Crippen LogP contribution in [0.15, 0.2) is 0 Å². The largest absolute Gasteiger partial charge is 0.566 e. The molecular weight excluding hydrogens is 223 g/mol. The summed E-state index contributed by atoms with van der Waals surface area (Å²) in [5, 5.41) is 5.61. The van der Waals surface area contributed by atoms with Gasteiger partial charge in [0.2, 0.25) is 0 Å². The van der Waals surface area contributed by atoms with Crippen LogP contribution in [0.1, 0.15) is 26.7 Å². The van der Waals surface area contributed by atoms with Gasteiger partial charge in [-0.2, -0.15) is 0 Å². The Morgan fingerprint density at radius 2 is 2.14 bits per heavy atom. The van der Waals surface area contributed by atoms with Crippen molar-refractivity contribution in [1.82, 2.24) is 0 Å². The molecule has 0 aliphatic carbocycles. The lowest BCUT2D eigenvalue weighted by molar-refractivity contribution is -0.185. The highest BCUT2D eigenvalue weighted by molar-refractivity contribution is 8.13. The van der Waals surface area contributed by atoms with Gasteiger partial charge in [0.1, 0.15) is 6.61 Å². The average molecular weight is 241 g/mol. The molecule has 0 saturated carbocycles. The van der Waals surface area contributed by atoms with Crippen molar-refractivity contribution in [2.75, 3.05) is 12.4 Å². The smallest absolute Gasteiger partial charge is 0.488 e. The summed E-state index contributed by atoms with van der Waals surface area (Å²) in [5.41, 5.74) is 5.14. The predicted octanol–water partition coefficient (Wildman–Crippen LogP) is -0.366. The summed E-state index contributed by atoms with van der Waals surface area (Å²) >= 11 is 1.50. The van der Waals surface area contributed by atoms with Crippen LogP contribution in [-0.2, 0) is 9.09 Å². The number of hydrogen-bond acceptors (Lipinski definition) is 4. The molecule has 0 fully saturated rings. The van der Waals surface area contributed by atoms with Crippen molar-refractivity contribution in [2.24, 2.45) is 5.73 Å². The molecule has 0 aromatic heterocycles. The summed E-state index contributed by atoms with van der Waals surface area (Å²) in [7, 11) is -2.61. The van der Waals surface area contributed by atoms with Crippen molar-refractivity contribution in [3.8, 4) is 0 Å². The molecule has 0 amide bonds. The van der Waals surface area contributed by atoms with E-state index in [4.69, 9.17) is 11.1 Å². The minimum absolute atomic E-state index is 0.304. The molecule has 84 valence electrons. The lowest BCUT2D eigenvalue weighted by atomic mass is 10.5. The molecule has 0 heterocycles. The second-order valence-electron chi connectivity index (χ2n) is 2.31. The van der Waals surface area contributed by atoms with Crippen molar-refractivity contribution < 1.29 is 19.4 Å². The summed E-state index contributed by atoms with van der Waals surface area (Å²) in [4.78, 5) is 9.57. The van der Waals surface area contributed by atoms with Crippen molar-refractivity contribution >= 4 is 25.2 Å². The van der Waals surface area contributed by atoms with Gasteiger partial charge in [0, 0.05) is 5.75 Å². The minimum Gasteiger partial charge on any atom is -0.566 e. The molecule has 0 aliphatic heterocycles. The Kier molecular flexibility index (Phi) is 14.9. The number of hydrogen-bond donors (Lipinski definition) is 2. The molecule has 0 bridgehead atoms. The SMILES string of the molecule is CCCO[P+](=O)[O-].CCCSC(N)=[NH2+]. The maximum atomic E-state index is 9.57. The zero-order valence-electron chi connectivity index (χ0n) is 8.56. The van der Waals surface area contributed by atoms with E-state index in [9.17, 15) is 9.46 Å². The minimum atomic E-state index is -2.61. The van der Waals surface area contributed by atoms with Gasteiger partial charge in [-0.1, -0.05) is 13.8 Å². The summed E-state index contributed by atoms with van der Waals surface area (Å²) in [6, 6.07) is 0. The van der Waals surface area contributed by atoms with E-state index in [-0.39, 0.29) is 0 Å². The second kappa shape index (κ2) is 12.8. The molecule has 5 nitrogen and oxygen atoms in total. The Labute approximate surface area is 89.9 Å². The average Bonchev–Trinajstić information content (AvgIpc) is 2.12. The maximum Gasteiger partial charge on any atom is 0.488 e. The highest BCUT2D eigenvalue weighted by atomic mass is 32.2. The first kappa shape index (κ1) is 16.3. The molecule has 0 aromatic carbocycles. The maximum absolute atomic E-state index is 9.57. The molecule has 14 heavy (non-hydrogen) atoms. The fraction of sp³-hybridized carbons (Fsp3) is 0.857. The molecule has 1 unspecified atom stereocenters. The Morgan fingerprint density at radius 3 is 2.29 bits per heavy atom. The first-order chi connectivity index (χ1) is 6.54. The fourth-order valence-corrected chi connectivity index (χ4v) is 1.16. The molecule has 0 aromatic rings. The molecule has 0 aliphatic rings. The number of rotatable bonds is 5. The molecule has 4 N–H and O–H groups in total. The van der Waals surface area contributed by atoms with Crippen LogP contribution in [0.5, 0.6) is 0 Å². The van der Waals surface area contributed by atoms with Crippen LogP contribution in [0.4, 0.5) is 0 Å². The van der Waals surface area contributed by atoms with E-state index in [0.29, 0.717) is 11.8 Å². The molecule has 0 radical (unpaired) electrons. The summed E-state index contributed by atoms with van der Waals surface area (Å²) in [6.45, 7) is 4.24. The third-order valence-corrected chi connectivity index (χ3v) is 2.21. The Hall–Kier alpha value is -0.160. The third-order valence-electron chi connectivity index (χ3n) is 0.874. The normalized spacial score (nSPS) is 10.1. The van der Waals surface area contributed by atoms with Crippen molar-refractivity contribution in [3.05, 3.63) is 0 Å². The van der Waals surface area contributed by atoms with E-state index < -0.39 is 8.25 Å². The first-order valence-corrected chi connectivity index (χ1v) is 6.40. The van der Waals surface area contributed by atoms with Crippen LogP contribution >= 0.6 is 20.0 Å². The molecule has 0 saturated heterocycles. The lowest BCUT2D eigenvalue weighted by Gasteiger charge is -1.84. The van der Waals surface area contributed by atoms with Gasteiger partial charge in [-0.05, 0) is 29.2 Å². The summed E-state index contributed by atoms with van der Waals surface area (Å²) < 4.78 is 13.7. The summed E-state index contributed by atoms with van der Waals surface area (Å²) in [5.74, 6) is 1.03. The summed E-state index contributed by atoms with van der Waals surface area (Å²) in [6.07, 6.45) is 1.87. The molecule has 0 rings (SSSR count).